The molecule has 2 aliphatic carbocycles. The van der Waals surface area contributed by atoms with Gasteiger partial charge in [-0.25, -0.2) is 0 Å². The molecular weight excluding hydrogens is 376 g/mol. The monoisotopic (exact) mass is 408 g/mol. The van der Waals surface area contributed by atoms with E-state index in [9.17, 15) is 9.59 Å². The number of aliphatic imine (C=N–C) groups is 1. The first-order chi connectivity index (χ1) is 14.6. The van der Waals surface area contributed by atoms with Gasteiger partial charge in [-0.3, -0.25) is 19.5 Å². The van der Waals surface area contributed by atoms with Crippen molar-refractivity contribution in [3.05, 3.63) is 47.5 Å². The number of benzene rings is 1. The molecule has 2 fully saturated rings. The van der Waals surface area contributed by atoms with Crippen molar-refractivity contribution in [3.63, 3.8) is 0 Å². The van der Waals surface area contributed by atoms with Crippen LogP contribution in [0.3, 0.4) is 0 Å². The van der Waals surface area contributed by atoms with E-state index in [0.29, 0.717) is 19.6 Å². The molecule has 6 nitrogen and oxygen atoms in total. The minimum atomic E-state index is -0.117. The molecule has 4 unspecified atom stereocenters. The quantitative estimate of drug-likeness (QED) is 0.299. The molecule has 0 spiro atoms. The minimum absolute atomic E-state index is 0.0149. The van der Waals surface area contributed by atoms with Gasteiger partial charge in [0.1, 0.15) is 0 Å². The zero-order valence-corrected chi connectivity index (χ0v) is 17.9. The number of fused-ring (bicyclic) bond motifs is 5. The summed E-state index contributed by atoms with van der Waals surface area (Å²) in [6, 6.07) is 8.67. The van der Waals surface area contributed by atoms with Crippen molar-refractivity contribution in [2.45, 2.75) is 33.1 Å². The van der Waals surface area contributed by atoms with Crippen molar-refractivity contribution < 1.29 is 9.59 Å². The van der Waals surface area contributed by atoms with Crippen LogP contribution >= 0.6 is 0 Å². The second-order valence-electron chi connectivity index (χ2n) is 8.44. The van der Waals surface area contributed by atoms with Crippen LogP contribution in [0.15, 0.2) is 41.4 Å². The topological polar surface area (TPSA) is 73.8 Å². The van der Waals surface area contributed by atoms with Gasteiger partial charge in [0.15, 0.2) is 5.96 Å². The van der Waals surface area contributed by atoms with E-state index in [4.69, 9.17) is 0 Å². The van der Waals surface area contributed by atoms with E-state index in [-0.39, 0.29) is 35.5 Å². The number of nitrogens with one attached hydrogen (secondary N) is 2. The van der Waals surface area contributed by atoms with E-state index in [2.05, 4.69) is 59.0 Å². The Bertz CT molecular complexity index is 815. The van der Waals surface area contributed by atoms with Gasteiger partial charge >= 0.3 is 0 Å². The molecule has 1 heterocycles. The smallest absolute Gasteiger partial charge is 0.233 e. The highest BCUT2D eigenvalue weighted by Crippen LogP contribution is 2.52. The summed E-state index contributed by atoms with van der Waals surface area (Å²) >= 11 is 0. The van der Waals surface area contributed by atoms with Gasteiger partial charge in [-0.15, -0.1) is 0 Å². The molecular formula is C24H32N4O2. The number of hydrogen-bond acceptors (Lipinski definition) is 3. The first-order valence-corrected chi connectivity index (χ1v) is 11.3. The molecule has 1 saturated carbocycles. The number of carbonyl (C=O) groups excluding carboxylic acids is 2. The van der Waals surface area contributed by atoms with E-state index in [0.717, 1.165) is 31.8 Å². The molecule has 2 amide bonds. The average Bonchev–Trinajstić information content (AvgIpc) is 3.44. The molecule has 0 aromatic heterocycles. The maximum Gasteiger partial charge on any atom is 0.233 e. The Balaban J connectivity index is 1.27. The van der Waals surface area contributed by atoms with Gasteiger partial charge in [-0.2, -0.15) is 0 Å². The summed E-state index contributed by atoms with van der Waals surface area (Å²) in [5, 5.41) is 6.51. The maximum absolute atomic E-state index is 12.8. The third-order valence-electron chi connectivity index (χ3n) is 6.64. The van der Waals surface area contributed by atoms with Crippen molar-refractivity contribution in [3.8, 4) is 0 Å². The Hall–Kier alpha value is -2.63. The number of likely N-dealkylation sites (tertiary alicyclic amines) is 1. The molecule has 1 aliphatic heterocycles. The predicted octanol–water partition coefficient (Wildman–Crippen LogP) is 2.15. The number of hydrogen-bond donors (Lipinski definition) is 2. The first kappa shape index (κ1) is 20.6. The molecule has 1 aromatic rings. The van der Waals surface area contributed by atoms with E-state index in [1.807, 2.05) is 6.92 Å². The van der Waals surface area contributed by atoms with E-state index in [1.54, 1.807) is 0 Å². The molecule has 2 N–H and O–H groups in total. The standard InChI is InChI=1S/C24H32N4O2/c1-3-16-5-7-17(8-6-16)11-12-26-24(25-4-2)27-13-14-28-22(29)20-18-9-10-19(15-18)21(20)23(28)30/h5-10,18-21H,3-4,11-15H2,1-2H3,(H2,25,26,27). The summed E-state index contributed by atoms with van der Waals surface area (Å²) < 4.78 is 0. The molecule has 3 aliphatic rings. The second-order valence-corrected chi connectivity index (χ2v) is 8.44. The van der Waals surface area contributed by atoms with Crippen LogP contribution in [0.1, 0.15) is 31.4 Å². The highest BCUT2D eigenvalue weighted by molar-refractivity contribution is 6.06. The molecule has 2 bridgehead atoms. The number of amides is 2. The highest BCUT2D eigenvalue weighted by atomic mass is 16.2. The van der Waals surface area contributed by atoms with E-state index < -0.39 is 0 Å². The molecule has 1 saturated heterocycles. The molecule has 1 aromatic carbocycles. The Kier molecular flexibility index (Phi) is 6.21. The lowest BCUT2D eigenvalue weighted by molar-refractivity contribution is -0.140. The fourth-order valence-electron chi connectivity index (χ4n) is 5.05. The molecule has 30 heavy (non-hydrogen) atoms. The fraction of sp³-hybridized carbons (Fsp3) is 0.542. The van der Waals surface area contributed by atoms with E-state index in [1.165, 1.54) is 16.0 Å². The lowest BCUT2D eigenvalue weighted by Gasteiger charge is -2.18. The molecule has 4 atom stereocenters. The number of imide groups is 1. The third-order valence-corrected chi connectivity index (χ3v) is 6.64. The van der Waals surface area contributed by atoms with Gasteiger partial charge in [0.25, 0.3) is 0 Å². The van der Waals surface area contributed by atoms with Gasteiger partial charge in [0.2, 0.25) is 11.8 Å². The Morgan fingerprint density at radius 3 is 2.23 bits per heavy atom. The van der Waals surface area contributed by atoms with Crippen LogP contribution in [0.25, 0.3) is 0 Å². The van der Waals surface area contributed by atoms with Gasteiger partial charge < -0.3 is 10.6 Å². The van der Waals surface area contributed by atoms with Crippen LogP contribution in [0.5, 0.6) is 0 Å². The number of guanidine groups is 1. The zero-order valence-electron chi connectivity index (χ0n) is 17.9. The first-order valence-electron chi connectivity index (χ1n) is 11.3. The van der Waals surface area contributed by atoms with Crippen LogP contribution in [0, 0.1) is 23.7 Å². The lowest BCUT2D eigenvalue weighted by Crippen LogP contribution is -2.43. The maximum atomic E-state index is 12.8. The van der Waals surface area contributed by atoms with Crippen LogP contribution in [-0.2, 0) is 22.4 Å². The number of carbonyl (C=O) groups is 2. The minimum Gasteiger partial charge on any atom is -0.357 e. The van der Waals surface area contributed by atoms with Gasteiger partial charge in [-0.1, -0.05) is 43.3 Å². The summed E-state index contributed by atoms with van der Waals surface area (Å²) in [5.41, 5.74) is 2.62. The van der Waals surface area contributed by atoms with Crippen molar-refractivity contribution in [1.82, 2.24) is 15.5 Å². The lowest BCUT2D eigenvalue weighted by atomic mass is 9.85. The normalized spacial score (nSPS) is 27.1. The average molecular weight is 409 g/mol. The molecule has 6 heteroatoms. The molecule has 160 valence electrons. The zero-order chi connectivity index (χ0) is 21.1. The SMILES string of the molecule is CCNC(=NCCc1ccc(CC)cc1)NCCN1C(=O)C2C3C=CC(C3)C2C1=O. The Morgan fingerprint density at radius 2 is 1.63 bits per heavy atom. The summed E-state index contributed by atoms with van der Waals surface area (Å²) in [6.45, 7) is 6.53. The number of allylic oxidation sites excluding steroid dienone is 2. The Labute approximate surface area is 178 Å². The van der Waals surface area contributed by atoms with Gasteiger partial charge in [-0.05, 0) is 49.1 Å². The fourth-order valence-corrected chi connectivity index (χ4v) is 5.05. The number of nitrogens with zero attached hydrogens (tertiary/aromatic N) is 2. The Morgan fingerprint density at radius 1 is 1.00 bits per heavy atom. The van der Waals surface area contributed by atoms with Crippen LogP contribution in [-0.4, -0.2) is 48.9 Å². The van der Waals surface area contributed by atoms with Crippen LogP contribution in [0.2, 0.25) is 0 Å². The van der Waals surface area contributed by atoms with Crippen molar-refractivity contribution >= 4 is 17.8 Å². The van der Waals surface area contributed by atoms with Gasteiger partial charge in [0, 0.05) is 26.2 Å². The number of aryl methyl sites for hydroxylation is 1. The number of rotatable bonds is 8. The van der Waals surface area contributed by atoms with E-state index >= 15 is 0 Å². The highest BCUT2D eigenvalue weighted by Gasteiger charge is 2.58. The summed E-state index contributed by atoms with van der Waals surface area (Å²) in [5.74, 6) is 1.05. The largest absolute Gasteiger partial charge is 0.357 e. The van der Waals surface area contributed by atoms with Crippen molar-refractivity contribution in [2.24, 2.45) is 28.7 Å². The molecule has 4 rings (SSSR count). The second kappa shape index (κ2) is 9.02. The van der Waals surface area contributed by atoms with Crippen molar-refractivity contribution in [1.29, 1.82) is 0 Å². The van der Waals surface area contributed by atoms with Crippen molar-refractivity contribution in [2.75, 3.05) is 26.2 Å². The third kappa shape index (κ3) is 4.00. The predicted molar refractivity (Wildman–Crippen MR) is 118 cm³/mol. The molecule has 0 radical (unpaired) electrons. The summed E-state index contributed by atoms with van der Waals surface area (Å²) in [4.78, 5) is 31.6. The van der Waals surface area contributed by atoms with Gasteiger partial charge in [0.05, 0.1) is 11.8 Å². The van der Waals surface area contributed by atoms with Crippen LogP contribution in [0.4, 0.5) is 0 Å². The summed E-state index contributed by atoms with van der Waals surface area (Å²) in [7, 11) is 0. The summed E-state index contributed by atoms with van der Waals surface area (Å²) in [6.07, 6.45) is 7.16. The van der Waals surface area contributed by atoms with Crippen LogP contribution < -0.4 is 10.6 Å².